The van der Waals surface area contributed by atoms with Gasteiger partial charge in [0.05, 0.1) is 18.1 Å². The molecule has 1 atom stereocenters. The number of piperidine rings is 1. The first-order chi connectivity index (χ1) is 14.4. The largest absolute Gasteiger partial charge is 0.399 e. The lowest BCUT2D eigenvalue weighted by molar-refractivity contribution is -0.134. The van der Waals surface area contributed by atoms with Crippen molar-refractivity contribution in [1.29, 1.82) is 0 Å². The second-order valence-electron chi connectivity index (χ2n) is 8.73. The summed E-state index contributed by atoms with van der Waals surface area (Å²) in [6.07, 6.45) is 2.49. The molecule has 2 aromatic rings. The van der Waals surface area contributed by atoms with Gasteiger partial charge >= 0.3 is 0 Å². The van der Waals surface area contributed by atoms with Crippen molar-refractivity contribution in [3.05, 3.63) is 64.2 Å². The average Bonchev–Trinajstić information content (AvgIpc) is 3.09. The third-order valence-electron chi connectivity index (χ3n) is 6.48. The van der Waals surface area contributed by atoms with E-state index >= 15 is 0 Å². The molecule has 0 aliphatic carbocycles. The van der Waals surface area contributed by atoms with Crippen molar-refractivity contribution < 1.29 is 9.53 Å². The van der Waals surface area contributed by atoms with Gasteiger partial charge < -0.3 is 20.3 Å². The van der Waals surface area contributed by atoms with Gasteiger partial charge in [0.2, 0.25) is 5.91 Å². The number of ether oxygens (including phenoxy) is 1. The molecule has 0 aromatic heterocycles. The number of anilines is 1. The molecule has 0 bridgehead atoms. The third-order valence-corrected chi connectivity index (χ3v) is 6.85. The van der Waals surface area contributed by atoms with Crippen LogP contribution in [0, 0.1) is 5.92 Å². The quantitative estimate of drug-likeness (QED) is 0.739. The van der Waals surface area contributed by atoms with Gasteiger partial charge in [-0.15, -0.1) is 0 Å². The predicted molar refractivity (Wildman–Crippen MR) is 120 cm³/mol. The Kier molecular flexibility index (Phi) is 6.05. The van der Waals surface area contributed by atoms with Crippen molar-refractivity contribution in [3.8, 4) is 0 Å². The molecule has 2 aliphatic heterocycles. The molecule has 160 valence electrons. The lowest BCUT2D eigenvalue weighted by Gasteiger charge is -2.40. The Morgan fingerprint density at radius 3 is 2.70 bits per heavy atom. The molecule has 1 fully saturated rings. The van der Waals surface area contributed by atoms with Crippen molar-refractivity contribution in [2.75, 3.05) is 39.5 Å². The summed E-state index contributed by atoms with van der Waals surface area (Å²) >= 11 is 6.39. The molecule has 1 spiro atoms. The number of fused-ring (bicyclic) bond motifs is 2. The number of carbonyl (C=O) groups is 1. The van der Waals surface area contributed by atoms with E-state index in [-0.39, 0.29) is 17.4 Å². The van der Waals surface area contributed by atoms with Gasteiger partial charge in [0.1, 0.15) is 0 Å². The molecule has 2 heterocycles. The van der Waals surface area contributed by atoms with Gasteiger partial charge in [-0.2, -0.15) is 0 Å². The van der Waals surface area contributed by atoms with Crippen LogP contribution in [0.3, 0.4) is 0 Å². The van der Waals surface area contributed by atoms with Gasteiger partial charge in [0, 0.05) is 44.4 Å². The minimum Gasteiger partial charge on any atom is -0.399 e. The molecule has 4 rings (SSSR count). The molecule has 2 N–H and O–H groups in total. The number of nitrogen functional groups attached to an aromatic ring is 1. The van der Waals surface area contributed by atoms with Gasteiger partial charge in [0.25, 0.3) is 0 Å². The van der Waals surface area contributed by atoms with Gasteiger partial charge in [-0.3, -0.25) is 4.79 Å². The summed E-state index contributed by atoms with van der Waals surface area (Å²) in [5.41, 5.74) is 10.0. The Morgan fingerprint density at radius 1 is 1.23 bits per heavy atom. The maximum atomic E-state index is 12.9. The number of halogens is 1. The minimum atomic E-state index is -0.162. The SMILES string of the molecule is CN(C)C(=O)C(Cc1cc(N)ccc1Cl)CN1CCC2(CC1)OCc1ccccc12. The summed E-state index contributed by atoms with van der Waals surface area (Å²) in [7, 11) is 3.62. The van der Waals surface area contributed by atoms with E-state index in [1.54, 1.807) is 11.0 Å². The summed E-state index contributed by atoms with van der Waals surface area (Å²) in [6, 6.07) is 14.0. The summed E-state index contributed by atoms with van der Waals surface area (Å²) in [4.78, 5) is 17.0. The molecule has 1 saturated heterocycles. The van der Waals surface area contributed by atoms with Gasteiger partial charge in [-0.25, -0.2) is 0 Å². The van der Waals surface area contributed by atoms with Crippen molar-refractivity contribution in [2.24, 2.45) is 5.92 Å². The number of rotatable bonds is 5. The van der Waals surface area contributed by atoms with Gasteiger partial charge in [-0.05, 0) is 54.2 Å². The highest BCUT2D eigenvalue weighted by Gasteiger charge is 2.42. The summed E-state index contributed by atoms with van der Waals surface area (Å²) < 4.78 is 6.28. The second kappa shape index (κ2) is 8.58. The first kappa shape index (κ1) is 21.2. The zero-order valence-corrected chi connectivity index (χ0v) is 18.5. The highest BCUT2D eigenvalue weighted by Crippen LogP contribution is 2.44. The highest BCUT2D eigenvalue weighted by atomic mass is 35.5. The van der Waals surface area contributed by atoms with Crippen LogP contribution in [0.1, 0.15) is 29.5 Å². The van der Waals surface area contributed by atoms with Crippen molar-refractivity contribution in [1.82, 2.24) is 9.80 Å². The van der Waals surface area contributed by atoms with Crippen molar-refractivity contribution in [3.63, 3.8) is 0 Å². The fraction of sp³-hybridized carbons (Fsp3) is 0.458. The predicted octanol–water partition coefficient (Wildman–Crippen LogP) is 3.69. The van der Waals surface area contributed by atoms with Crippen LogP contribution in [-0.4, -0.2) is 49.4 Å². The van der Waals surface area contributed by atoms with E-state index in [9.17, 15) is 4.79 Å². The number of likely N-dealkylation sites (tertiary alicyclic amines) is 1. The molecule has 6 heteroatoms. The molecule has 30 heavy (non-hydrogen) atoms. The van der Waals surface area contributed by atoms with Gasteiger partial charge in [-0.1, -0.05) is 35.9 Å². The first-order valence-electron chi connectivity index (χ1n) is 10.6. The molecular weight excluding hydrogens is 398 g/mol. The highest BCUT2D eigenvalue weighted by molar-refractivity contribution is 6.31. The number of hydrogen-bond acceptors (Lipinski definition) is 4. The van der Waals surface area contributed by atoms with Gasteiger partial charge in [0.15, 0.2) is 0 Å². The minimum absolute atomic E-state index is 0.122. The third kappa shape index (κ3) is 4.20. The van der Waals surface area contributed by atoms with E-state index in [1.807, 2.05) is 26.2 Å². The molecule has 5 nitrogen and oxygen atoms in total. The van der Waals surface area contributed by atoms with Crippen LogP contribution in [0.4, 0.5) is 5.69 Å². The lowest BCUT2D eigenvalue weighted by Crippen LogP contribution is -2.46. The molecule has 2 aromatic carbocycles. The number of hydrogen-bond donors (Lipinski definition) is 1. The van der Waals surface area contributed by atoms with Crippen LogP contribution in [0.5, 0.6) is 0 Å². The number of benzene rings is 2. The Labute approximate surface area is 183 Å². The van der Waals surface area contributed by atoms with E-state index in [1.165, 1.54) is 11.1 Å². The topological polar surface area (TPSA) is 58.8 Å². The first-order valence-corrected chi connectivity index (χ1v) is 11.0. The number of nitrogens with zero attached hydrogens (tertiary/aromatic N) is 2. The normalized spacial score (nSPS) is 18.9. The van der Waals surface area contributed by atoms with E-state index in [2.05, 4.69) is 29.2 Å². The summed E-state index contributed by atoms with van der Waals surface area (Å²) in [5, 5.41) is 0.661. The molecule has 1 unspecified atom stereocenters. The Hall–Kier alpha value is -2.08. The van der Waals surface area contributed by atoms with E-state index in [0.717, 1.165) is 31.5 Å². The maximum absolute atomic E-state index is 12.9. The van der Waals surface area contributed by atoms with Crippen molar-refractivity contribution in [2.45, 2.75) is 31.5 Å². The number of amides is 1. The number of carbonyl (C=O) groups excluding carboxylic acids is 1. The zero-order chi connectivity index (χ0) is 21.3. The van der Waals surface area contributed by atoms with Crippen LogP contribution in [0.2, 0.25) is 5.02 Å². The monoisotopic (exact) mass is 427 g/mol. The van der Waals surface area contributed by atoms with Crippen LogP contribution in [-0.2, 0) is 28.2 Å². The molecular formula is C24H30ClN3O2. The van der Waals surface area contributed by atoms with Crippen LogP contribution >= 0.6 is 11.6 Å². The zero-order valence-electron chi connectivity index (χ0n) is 17.7. The molecule has 0 saturated carbocycles. The van der Waals surface area contributed by atoms with Crippen LogP contribution in [0.25, 0.3) is 0 Å². The average molecular weight is 428 g/mol. The Morgan fingerprint density at radius 2 is 1.97 bits per heavy atom. The Bertz CT molecular complexity index is 922. The van der Waals surface area contributed by atoms with E-state index in [4.69, 9.17) is 22.1 Å². The molecule has 1 amide bonds. The van der Waals surface area contributed by atoms with E-state index < -0.39 is 0 Å². The van der Waals surface area contributed by atoms with Crippen LogP contribution < -0.4 is 5.73 Å². The smallest absolute Gasteiger partial charge is 0.226 e. The second-order valence-corrected chi connectivity index (χ2v) is 9.13. The molecule has 2 aliphatic rings. The maximum Gasteiger partial charge on any atom is 0.226 e. The Balaban J connectivity index is 1.45. The fourth-order valence-corrected chi connectivity index (χ4v) is 5.01. The summed E-state index contributed by atoms with van der Waals surface area (Å²) in [5.74, 6) is -0.0404. The lowest BCUT2D eigenvalue weighted by atomic mass is 9.83. The summed E-state index contributed by atoms with van der Waals surface area (Å²) in [6.45, 7) is 3.23. The fourth-order valence-electron chi connectivity index (χ4n) is 4.82. The van der Waals surface area contributed by atoms with Crippen LogP contribution in [0.15, 0.2) is 42.5 Å². The standard InChI is InChI=1S/C24H30ClN3O2/c1-27(2)23(29)19(13-18-14-20(26)7-8-22(18)25)15-28-11-9-24(10-12-28)21-6-4-3-5-17(21)16-30-24/h3-8,14,19H,9-13,15-16,26H2,1-2H3. The van der Waals surface area contributed by atoms with Crippen molar-refractivity contribution >= 4 is 23.2 Å². The number of nitrogens with two attached hydrogens (primary N) is 1. The molecule has 0 radical (unpaired) electrons. The van der Waals surface area contributed by atoms with E-state index in [0.29, 0.717) is 30.3 Å².